The van der Waals surface area contributed by atoms with Crippen LogP contribution in [0.5, 0.6) is 0 Å². The smallest absolute Gasteiger partial charge is 0.270 e. The zero-order valence-electron chi connectivity index (χ0n) is 21.2. The van der Waals surface area contributed by atoms with Crippen LogP contribution in [-0.2, 0) is 5.75 Å². The molecule has 1 atom stereocenters. The molecule has 4 aromatic rings. The van der Waals surface area contributed by atoms with Gasteiger partial charge in [0, 0.05) is 47.5 Å². The van der Waals surface area contributed by atoms with Gasteiger partial charge in [0.2, 0.25) is 0 Å². The molecular formula is C27H30ClN7OS2. The molecule has 1 aliphatic heterocycles. The molecule has 0 spiro atoms. The van der Waals surface area contributed by atoms with Crippen LogP contribution in [0.4, 0.5) is 0 Å². The van der Waals surface area contributed by atoms with Gasteiger partial charge < -0.3 is 10.2 Å². The van der Waals surface area contributed by atoms with Crippen LogP contribution in [0.2, 0.25) is 5.02 Å². The van der Waals surface area contributed by atoms with Crippen molar-refractivity contribution in [1.82, 2.24) is 34.9 Å². The molecular weight excluding hydrogens is 538 g/mol. The normalized spacial score (nSPS) is 16.0. The summed E-state index contributed by atoms with van der Waals surface area (Å²) in [5.41, 5.74) is 2.18. The fourth-order valence-corrected chi connectivity index (χ4v) is 6.49. The number of benzene rings is 1. The standard InChI is InChI=1S/C27H30ClN7OS2/c1-19-7-2-3-13-34(19)14-6-12-30-26(36)23-17-37-24(31-23)18-38-27-33-32-25(20-8-5-11-29-16-20)35(27)22-10-4-9-21(28)15-22/h4-5,8-11,15-17,19H,2-3,6-7,12-14,18H2,1H3,(H,30,36). The largest absolute Gasteiger partial charge is 0.351 e. The van der Waals surface area contributed by atoms with Crippen molar-refractivity contribution in [3.05, 3.63) is 69.9 Å². The van der Waals surface area contributed by atoms with E-state index in [9.17, 15) is 4.79 Å². The first-order chi connectivity index (χ1) is 18.6. The second-order valence-corrected chi connectivity index (χ2v) is 11.6. The minimum absolute atomic E-state index is 0.120. The number of nitrogens with zero attached hydrogens (tertiary/aromatic N) is 6. The van der Waals surface area contributed by atoms with Crippen LogP contribution in [0.15, 0.2) is 59.3 Å². The molecule has 1 unspecified atom stereocenters. The number of nitrogens with one attached hydrogen (secondary N) is 1. The van der Waals surface area contributed by atoms with Crippen molar-refractivity contribution in [3.63, 3.8) is 0 Å². The van der Waals surface area contributed by atoms with Crippen LogP contribution < -0.4 is 5.32 Å². The highest BCUT2D eigenvalue weighted by atomic mass is 35.5. The second kappa shape index (κ2) is 12.8. The second-order valence-electron chi connectivity index (χ2n) is 9.27. The number of hydrogen-bond acceptors (Lipinski definition) is 8. The molecule has 198 valence electrons. The van der Waals surface area contributed by atoms with E-state index in [1.165, 1.54) is 42.4 Å². The van der Waals surface area contributed by atoms with Crippen molar-refractivity contribution in [2.24, 2.45) is 0 Å². The molecule has 1 N–H and O–H groups in total. The van der Waals surface area contributed by atoms with Gasteiger partial charge in [-0.05, 0) is 63.1 Å². The maximum atomic E-state index is 12.6. The molecule has 1 aromatic carbocycles. The van der Waals surface area contributed by atoms with Gasteiger partial charge in [-0.1, -0.05) is 35.9 Å². The van der Waals surface area contributed by atoms with E-state index in [2.05, 4.69) is 37.3 Å². The van der Waals surface area contributed by atoms with E-state index in [0.29, 0.717) is 40.0 Å². The molecule has 3 aromatic heterocycles. The number of rotatable bonds is 10. The minimum atomic E-state index is -0.120. The van der Waals surface area contributed by atoms with Gasteiger partial charge in [0.15, 0.2) is 11.0 Å². The molecule has 38 heavy (non-hydrogen) atoms. The van der Waals surface area contributed by atoms with Crippen LogP contribution in [0.25, 0.3) is 17.1 Å². The van der Waals surface area contributed by atoms with Crippen LogP contribution in [0, 0.1) is 0 Å². The quantitative estimate of drug-likeness (QED) is 0.193. The third-order valence-corrected chi connectivity index (χ3v) is 8.78. The van der Waals surface area contributed by atoms with E-state index in [-0.39, 0.29) is 5.91 Å². The first-order valence-electron chi connectivity index (χ1n) is 12.8. The van der Waals surface area contributed by atoms with Gasteiger partial charge in [-0.25, -0.2) is 4.98 Å². The number of carbonyl (C=O) groups is 1. The summed E-state index contributed by atoms with van der Waals surface area (Å²) in [7, 11) is 0. The number of thioether (sulfide) groups is 1. The summed E-state index contributed by atoms with van der Waals surface area (Å²) in [6.07, 6.45) is 8.30. The van der Waals surface area contributed by atoms with Crippen LogP contribution in [0.3, 0.4) is 0 Å². The lowest BCUT2D eigenvalue weighted by Gasteiger charge is -2.33. The molecule has 11 heteroatoms. The van der Waals surface area contributed by atoms with E-state index in [0.717, 1.165) is 35.8 Å². The van der Waals surface area contributed by atoms with Gasteiger partial charge >= 0.3 is 0 Å². The molecule has 4 heterocycles. The zero-order valence-corrected chi connectivity index (χ0v) is 23.6. The van der Waals surface area contributed by atoms with Gasteiger partial charge in [0.05, 0.1) is 11.4 Å². The lowest BCUT2D eigenvalue weighted by Crippen LogP contribution is -2.39. The molecule has 1 saturated heterocycles. The first-order valence-corrected chi connectivity index (χ1v) is 15.0. The minimum Gasteiger partial charge on any atom is -0.351 e. The van der Waals surface area contributed by atoms with Crippen molar-refractivity contribution >= 4 is 40.6 Å². The van der Waals surface area contributed by atoms with E-state index >= 15 is 0 Å². The Labute approximate surface area is 235 Å². The van der Waals surface area contributed by atoms with Gasteiger partial charge in [-0.15, -0.1) is 21.5 Å². The van der Waals surface area contributed by atoms with Crippen molar-refractivity contribution < 1.29 is 4.79 Å². The number of aromatic nitrogens is 5. The maximum absolute atomic E-state index is 12.6. The molecule has 0 aliphatic carbocycles. The van der Waals surface area contributed by atoms with Crippen molar-refractivity contribution in [3.8, 4) is 17.1 Å². The van der Waals surface area contributed by atoms with E-state index < -0.39 is 0 Å². The summed E-state index contributed by atoms with van der Waals surface area (Å²) < 4.78 is 1.97. The summed E-state index contributed by atoms with van der Waals surface area (Å²) >= 11 is 9.28. The summed E-state index contributed by atoms with van der Waals surface area (Å²) in [5.74, 6) is 1.13. The topological polar surface area (TPSA) is 88.8 Å². The van der Waals surface area contributed by atoms with Gasteiger partial charge in [-0.3, -0.25) is 14.3 Å². The van der Waals surface area contributed by atoms with Gasteiger partial charge in [0.1, 0.15) is 10.7 Å². The van der Waals surface area contributed by atoms with Crippen LogP contribution in [-0.4, -0.2) is 61.2 Å². The van der Waals surface area contributed by atoms with Crippen LogP contribution >= 0.6 is 34.7 Å². The lowest BCUT2D eigenvalue weighted by atomic mass is 10.0. The summed E-state index contributed by atoms with van der Waals surface area (Å²) in [4.78, 5) is 24.0. The number of halogens is 1. The lowest BCUT2D eigenvalue weighted by molar-refractivity contribution is 0.0944. The number of carbonyl (C=O) groups excluding carboxylic acids is 1. The maximum Gasteiger partial charge on any atom is 0.270 e. The molecule has 0 bridgehead atoms. The average Bonchev–Trinajstić information content (AvgIpc) is 3.59. The first kappa shape index (κ1) is 26.8. The van der Waals surface area contributed by atoms with Crippen molar-refractivity contribution in [1.29, 1.82) is 0 Å². The van der Waals surface area contributed by atoms with E-state index in [1.807, 2.05) is 46.3 Å². The Morgan fingerprint density at radius 1 is 1.24 bits per heavy atom. The predicted molar refractivity (Wildman–Crippen MR) is 153 cm³/mol. The number of hydrogen-bond donors (Lipinski definition) is 1. The molecule has 0 saturated carbocycles. The average molecular weight is 568 g/mol. The fourth-order valence-electron chi connectivity index (χ4n) is 4.57. The van der Waals surface area contributed by atoms with Crippen molar-refractivity contribution in [2.45, 2.75) is 49.6 Å². The third-order valence-electron chi connectivity index (χ3n) is 6.58. The van der Waals surface area contributed by atoms with Crippen LogP contribution in [0.1, 0.15) is 48.1 Å². The number of piperidine rings is 1. The summed E-state index contributed by atoms with van der Waals surface area (Å²) in [5, 5.41) is 15.9. The number of likely N-dealkylation sites (tertiary alicyclic amines) is 1. The number of amides is 1. The molecule has 5 rings (SSSR count). The fraction of sp³-hybridized carbons (Fsp3) is 0.370. The Bertz CT molecular complexity index is 1360. The molecule has 8 nitrogen and oxygen atoms in total. The highest BCUT2D eigenvalue weighted by Gasteiger charge is 2.19. The zero-order chi connectivity index (χ0) is 26.3. The van der Waals surface area contributed by atoms with E-state index in [1.54, 1.807) is 12.4 Å². The Balaban J connectivity index is 1.21. The molecule has 1 fully saturated rings. The Morgan fingerprint density at radius 3 is 2.97 bits per heavy atom. The van der Waals surface area contributed by atoms with Gasteiger partial charge in [0.25, 0.3) is 5.91 Å². The predicted octanol–water partition coefficient (Wildman–Crippen LogP) is 5.73. The SMILES string of the molecule is CC1CCCCN1CCCNC(=O)c1csc(CSc2nnc(-c3cccnc3)n2-c2cccc(Cl)c2)n1. The Morgan fingerprint density at radius 2 is 2.16 bits per heavy atom. The molecule has 1 aliphatic rings. The monoisotopic (exact) mass is 567 g/mol. The Kier molecular flexibility index (Phi) is 9.06. The highest BCUT2D eigenvalue weighted by molar-refractivity contribution is 7.98. The summed E-state index contributed by atoms with van der Waals surface area (Å²) in [6, 6.07) is 12.0. The third kappa shape index (κ3) is 6.61. The number of pyridine rings is 1. The van der Waals surface area contributed by atoms with Crippen molar-refractivity contribution in [2.75, 3.05) is 19.6 Å². The number of thiazole rings is 1. The summed E-state index contributed by atoms with van der Waals surface area (Å²) in [6.45, 7) is 5.14. The Hall–Kier alpha value is -2.79. The molecule has 1 amide bonds. The van der Waals surface area contributed by atoms with E-state index in [4.69, 9.17) is 11.6 Å². The highest BCUT2D eigenvalue weighted by Crippen LogP contribution is 2.31. The molecule has 0 radical (unpaired) electrons. The van der Waals surface area contributed by atoms with Gasteiger partial charge in [-0.2, -0.15) is 0 Å².